The number of amides is 1. The number of ether oxygens (including phenoxy) is 1. The number of nitrogens with one attached hydrogen (secondary N) is 1. The van der Waals surface area contributed by atoms with Crippen LogP contribution in [0.4, 0.5) is 0 Å². The molecule has 2 aromatic rings. The highest BCUT2D eigenvalue weighted by molar-refractivity contribution is 5.97. The number of hydrogen-bond donors (Lipinski definition) is 2. The Morgan fingerprint density at radius 1 is 1.20 bits per heavy atom. The monoisotopic (exact) mass is 345 g/mol. The van der Waals surface area contributed by atoms with Crippen LogP contribution in [-0.2, 0) is 16.0 Å². The van der Waals surface area contributed by atoms with E-state index in [2.05, 4.69) is 5.32 Å². The van der Waals surface area contributed by atoms with Gasteiger partial charge in [-0.15, -0.1) is 0 Å². The first kappa shape index (κ1) is 18.6. The molecule has 0 aliphatic heterocycles. The van der Waals surface area contributed by atoms with Crippen molar-refractivity contribution in [3.63, 3.8) is 0 Å². The van der Waals surface area contributed by atoms with E-state index in [1.807, 2.05) is 0 Å². The summed E-state index contributed by atoms with van der Waals surface area (Å²) in [5.41, 5.74) is 0.498. The number of phenolic OH excluding ortho intramolecular Hbond substituents is 1. The van der Waals surface area contributed by atoms with Crippen LogP contribution in [0.3, 0.4) is 0 Å². The van der Waals surface area contributed by atoms with E-state index in [1.165, 1.54) is 18.4 Å². The summed E-state index contributed by atoms with van der Waals surface area (Å²) in [4.78, 5) is 24.9. The molecule has 0 spiro atoms. The molecule has 2 rings (SSSR count). The maximum absolute atomic E-state index is 12.5. The second-order valence-corrected chi connectivity index (χ2v) is 6.82. The van der Waals surface area contributed by atoms with Crippen LogP contribution in [0.2, 0.25) is 0 Å². The van der Waals surface area contributed by atoms with Gasteiger partial charge in [0.25, 0.3) is 5.91 Å². The van der Waals surface area contributed by atoms with Gasteiger partial charge in [0.15, 0.2) is 0 Å². The summed E-state index contributed by atoms with van der Waals surface area (Å²) in [6.07, 6.45) is 1.67. The van der Waals surface area contributed by atoms with Crippen molar-refractivity contribution in [2.75, 3.05) is 0 Å². The van der Waals surface area contributed by atoms with Crippen molar-refractivity contribution in [2.45, 2.75) is 45.8 Å². The molecule has 0 aliphatic rings. The molecule has 1 aromatic heterocycles. The minimum Gasteiger partial charge on any atom is -0.508 e. The van der Waals surface area contributed by atoms with E-state index in [0.29, 0.717) is 11.3 Å². The molecule has 2 N–H and O–H groups in total. The summed E-state index contributed by atoms with van der Waals surface area (Å²) in [6, 6.07) is 7.15. The number of hydrogen-bond acceptors (Lipinski definition) is 5. The van der Waals surface area contributed by atoms with Crippen molar-refractivity contribution in [1.29, 1.82) is 0 Å². The van der Waals surface area contributed by atoms with Gasteiger partial charge >= 0.3 is 5.97 Å². The Morgan fingerprint density at radius 2 is 1.84 bits per heavy atom. The molecule has 134 valence electrons. The zero-order chi connectivity index (χ0) is 18.6. The Labute approximate surface area is 146 Å². The Bertz CT molecular complexity index is 740. The minimum atomic E-state index is -0.856. The molecule has 0 fully saturated rings. The van der Waals surface area contributed by atoms with Crippen LogP contribution >= 0.6 is 0 Å². The lowest BCUT2D eigenvalue weighted by atomic mass is 10.0. The van der Waals surface area contributed by atoms with Gasteiger partial charge in [-0.3, -0.25) is 4.79 Å². The van der Waals surface area contributed by atoms with Gasteiger partial charge in [0.1, 0.15) is 23.2 Å². The van der Waals surface area contributed by atoms with E-state index in [4.69, 9.17) is 9.15 Å². The summed E-state index contributed by atoms with van der Waals surface area (Å²) in [7, 11) is 0. The second kappa shape index (κ2) is 7.42. The molecule has 0 unspecified atom stereocenters. The Kier molecular flexibility index (Phi) is 5.51. The van der Waals surface area contributed by atoms with E-state index < -0.39 is 23.5 Å². The molecule has 1 heterocycles. The molecule has 0 aliphatic carbocycles. The van der Waals surface area contributed by atoms with Crippen molar-refractivity contribution >= 4 is 11.9 Å². The van der Waals surface area contributed by atoms with Gasteiger partial charge in [-0.25, -0.2) is 4.79 Å². The van der Waals surface area contributed by atoms with Crippen LogP contribution in [0, 0.1) is 6.92 Å². The fourth-order valence-electron chi connectivity index (χ4n) is 2.29. The van der Waals surface area contributed by atoms with E-state index >= 15 is 0 Å². The highest BCUT2D eigenvalue weighted by Crippen LogP contribution is 2.15. The quantitative estimate of drug-likeness (QED) is 0.813. The average molecular weight is 345 g/mol. The molecule has 0 radical (unpaired) electrons. The van der Waals surface area contributed by atoms with Crippen LogP contribution < -0.4 is 5.32 Å². The SMILES string of the molecule is Cc1occc1C(=O)N[C@@H](Cc1ccc(O)cc1)C(=O)OC(C)(C)C. The average Bonchev–Trinajstić information content (AvgIpc) is 2.93. The zero-order valence-corrected chi connectivity index (χ0v) is 14.8. The number of carbonyl (C=O) groups is 2. The zero-order valence-electron chi connectivity index (χ0n) is 14.8. The number of carbonyl (C=O) groups excluding carboxylic acids is 2. The van der Waals surface area contributed by atoms with Crippen LogP contribution in [0.25, 0.3) is 0 Å². The summed E-state index contributed by atoms with van der Waals surface area (Å²) in [6.45, 7) is 6.98. The number of furan rings is 1. The Balaban J connectivity index is 2.19. The predicted molar refractivity (Wildman–Crippen MR) is 92.4 cm³/mol. The molecule has 1 atom stereocenters. The van der Waals surface area contributed by atoms with E-state index in [1.54, 1.807) is 45.9 Å². The molecule has 6 heteroatoms. The largest absolute Gasteiger partial charge is 0.508 e. The van der Waals surface area contributed by atoms with Gasteiger partial charge in [0, 0.05) is 6.42 Å². The Hall–Kier alpha value is -2.76. The van der Waals surface area contributed by atoms with Crippen molar-refractivity contribution in [2.24, 2.45) is 0 Å². The Morgan fingerprint density at radius 3 is 2.36 bits per heavy atom. The lowest BCUT2D eigenvalue weighted by Crippen LogP contribution is -2.45. The van der Waals surface area contributed by atoms with Crippen LogP contribution in [0.5, 0.6) is 5.75 Å². The number of esters is 1. The minimum absolute atomic E-state index is 0.135. The highest BCUT2D eigenvalue weighted by atomic mass is 16.6. The molecule has 0 bridgehead atoms. The third-order valence-corrected chi connectivity index (χ3v) is 3.48. The van der Waals surface area contributed by atoms with Crippen LogP contribution in [0.15, 0.2) is 41.0 Å². The van der Waals surface area contributed by atoms with Crippen molar-refractivity contribution in [3.05, 3.63) is 53.5 Å². The third-order valence-electron chi connectivity index (χ3n) is 3.48. The van der Waals surface area contributed by atoms with Crippen molar-refractivity contribution in [3.8, 4) is 5.75 Å². The summed E-state index contributed by atoms with van der Waals surface area (Å²) >= 11 is 0. The summed E-state index contributed by atoms with van der Waals surface area (Å²) < 4.78 is 10.6. The second-order valence-electron chi connectivity index (χ2n) is 6.82. The first-order chi connectivity index (χ1) is 11.7. The molecule has 1 amide bonds. The molecular formula is C19H23NO5. The molecule has 6 nitrogen and oxygen atoms in total. The van der Waals surface area contributed by atoms with Gasteiger partial charge in [-0.2, -0.15) is 0 Å². The van der Waals surface area contributed by atoms with Gasteiger partial charge in [0.05, 0.1) is 11.8 Å². The molecule has 25 heavy (non-hydrogen) atoms. The number of aryl methyl sites for hydroxylation is 1. The van der Waals surface area contributed by atoms with E-state index in [-0.39, 0.29) is 12.2 Å². The van der Waals surface area contributed by atoms with Crippen LogP contribution in [-0.4, -0.2) is 28.6 Å². The van der Waals surface area contributed by atoms with Gasteiger partial charge < -0.3 is 19.6 Å². The van der Waals surface area contributed by atoms with Gasteiger partial charge in [0.2, 0.25) is 0 Å². The topological polar surface area (TPSA) is 88.8 Å². The maximum atomic E-state index is 12.5. The van der Waals surface area contributed by atoms with Crippen LogP contribution in [0.1, 0.15) is 42.5 Å². The fraction of sp³-hybridized carbons (Fsp3) is 0.368. The third kappa shape index (κ3) is 5.38. The lowest BCUT2D eigenvalue weighted by Gasteiger charge is -2.24. The first-order valence-corrected chi connectivity index (χ1v) is 8.01. The van der Waals surface area contributed by atoms with Gasteiger partial charge in [-0.1, -0.05) is 12.1 Å². The predicted octanol–water partition coefficient (Wildman–Crippen LogP) is 2.98. The normalized spacial score (nSPS) is 12.5. The summed E-state index contributed by atoms with van der Waals surface area (Å²) in [5, 5.41) is 12.1. The van der Waals surface area contributed by atoms with Crippen molar-refractivity contribution in [1.82, 2.24) is 5.32 Å². The maximum Gasteiger partial charge on any atom is 0.329 e. The molecular weight excluding hydrogens is 322 g/mol. The number of phenols is 1. The summed E-state index contributed by atoms with van der Waals surface area (Å²) in [5.74, 6) is -0.309. The number of aromatic hydroxyl groups is 1. The van der Waals surface area contributed by atoms with E-state index in [9.17, 15) is 14.7 Å². The standard InChI is InChI=1S/C19H23NO5/c1-12-15(9-10-24-12)17(22)20-16(18(23)25-19(2,3)4)11-13-5-7-14(21)8-6-13/h5-10,16,21H,11H2,1-4H3,(H,20,22)/t16-/m0/s1. The molecule has 0 saturated carbocycles. The molecule has 1 aromatic carbocycles. The van der Waals surface area contributed by atoms with E-state index in [0.717, 1.165) is 5.56 Å². The number of rotatable bonds is 5. The first-order valence-electron chi connectivity index (χ1n) is 8.01. The lowest BCUT2D eigenvalue weighted by molar-refractivity contribution is -0.157. The molecule has 0 saturated heterocycles. The van der Waals surface area contributed by atoms with Crippen molar-refractivity contribution < 1.29 is 23.8 Å². The highest BCUT2D eigenvalue weighted by Gasteiger charge is 2.28. The number of benzene rings is 1. The fourth-order valence-corrected chi connectivity index (χ4v) is 2.29. The van der Waals surface area contributed by atoms with Gasteiger partial charge in [-0.05, 0) is 51.5 Å². The smallest absolute Gasteiger partial charge is 0.329 e.